The van der Waals surface area contributed by atoms with E-state index in [1.54, 1.807) is 0 Å². The van der Waals surface area contributed by atoms with Crippen LogP contribution in [-0.2, 0) is 19.5 Å². The van der Waals surface area contributed by atoms with Gasteiger partial charge in [-0.3, -0.25) is 0 Å². The van der Waals surface area contributed by atoms with Gasteiger partial charge in [-0.2, -0.15) is 0 Å². The first-order chi connectivity index (χ1) is 10.8. The molecular formula is C17H31NO4S. The fourth-order valence-corrected chi connectivity index (χ4v) is 5.76. The summed E-state index contributed by atoms with van der Waals surface area (Å²) in [5, 5.41) is 0. The van der Waals surface area contributed by atoms with Gasteiger partial charge in [-0.1, -0.05) is 13.8 Å². The normalized spacial score (nSPS) is 39.7. The summed E-state index contributed by atoms with van der Waals surface area (Å²) >= 11 is 0. The minimum atomic E-state index is -3.16. The van der Waals surface area contributed by atoms with E-state index in [4.69, 9.17) is 9.47 Å². The van der Waals surface area contributed by atoms with E-state index < -0.39 is 10.0 Å². The van der Waals surface area contributed by atoms with Gasteiger partial charge in [0.1, 0.15) is 0 Å². The second-order valence-electron chi connectivity index (χ2n) is 8.21. The fraction of sp³-hybridized carbons (Fsp3) is 1.00. The van der Waals surface area contributed by atoms with Crippen LogP contribution < -0.4 is 4.72 Å². The van der Waals surface area contributed by atoms with Crippen LogP contribution in [0.15, 0.2) is 0 Å². The average molecular weight is 346 g/mol. The van der Waals surface area contributed by atoms with Gasteiger partial charge in [0.05, 0.1) is 12.9 Å². The minimum absolute atomic E-state index is 0.0594. The van der Waals surface area contributed by atoms with E-state index >= 15 is 0 Å². The van der Waals surface area contributed by atoms with Crippen molar-refractivity contribution in [2.24, 2.45) is 23.2 Å². The third-order valence-electron chi connectivity index (χ3n) is 6.38. The summed E-state index contributed by atoms with van der Waals surface area (Å²) in [7, 11) is -3.16. The summed E-state index contributed by atoms with van der Waals surface area (Å²) in [4.78, 5) is 0. The molecule has 4 rings (SSSR count). The highest BCUT2D eigenvalue weighted by Crippen LogP contribution is 2.62. The minimum Gasteiger partial charge on any atom is -0.353 e. The van der Waals surface area contributed by atoms with Crippen molar-refractivity contribution in [2.45, 2.75) is 64.7 Å². The number of rotatable bonds is 6. The van der Waals surface area contributed by atoms with Crippen LogP contribution in [0.2, 0.25) is 0 Å². The van der Waals surface area contributed by atoms with E-state index in [9.17, 15) is 8.42 Å². The monoisotopic (exact) mass is 345 g/mol. The van der Waals surface area contributed by atoms with E-state index in [1.807, 2.05) is 0 Å². The highest BCUT2D eigenvalue weighted by molar-refractivity contribution is 7.88. The number of nitrogens with one attached hydrogen (secondary N) is 1. The van der Waals surface area contributed by atoms with E-state index in [0.717, 1.165) is 32.3 Å². The van der Waals surface area contributed by atoms with Gasteiger partial charge in [0.2, 0.25) is 10.0 Å². The summed E-state index contributed by atoms with van der Waals surface area (Å²) in [6.45, 7) is 6.12. The number of hydrogen-bond donors (Lipinski definition) is 1. The lowest BCUT2D eigenvalue weighted by Crippen LogP contribution is -2.61. The molecule has 6 heteroatoms. The van der Waals surface area contributed by atoms with Crippen LogP contribution in [-0.4, -0.2) is 40.2 Å². The molecule has 5 nitrogen and oxygen atoms in total. The lowest BCUT2D eigenvalue weighted by atomic mass is 9.44. The van der Waals surface area contributed by atoms with Crippen molar-refractivity contribution in [3.05, 3.63) is 0 Å². The third-order valence-corrected chi connectivity index (χ3v) is 7.11. The van der Waals surface area contributed by atoms with E-state index in [0.29, 0.717) is 29.8 Å². The zero-order valence-electron chi connectivity index (χ0n) is 14.6. The van der Waals surface area contributed by atoms with Crippen molar-refractivity contribution in [3.8, 4) is 0 Å². The van der Waals surface area contributed by atoms with Crippen molar-refractivity contribution in [3.63, 3.8) is 0 Å². The van der Waals surface area contributed by atoms with Crippen LogP contribution in [0.3, 0.4) is 0 Å². The molecule has 1 heterocycles. The molecule has 2 bridgehead atoms. The van der Waals surface area contributed by atoms with Crippen LogP contribution in [0.25, 0.3) is 0 Å². The van der Waals surface area contributed by atoms with Crippen molar-refractivity contribution >= 4 is 10.0 Å². The number of fused-ring (bicyclic) bond motifs is 2. The summed E-state index contributed by atoms with van der Waals surface area (Å²) in [6, 6.07) is 0.0673. The lowest BCUT2D eigenvalue weighted by Gasteiger charge is -2.62. The molecule has 1 N–H and O–H groups in total. The first-order valence-corrected chi connectivity index (χ1v) is 10.9. The molecule has 3 saturated carbocycles. The molecule has 134 valence electrons. The zero-order chi connectivity index (χ0) is 16.7. The standard InChI is InChI=1S/C17H31NO4S/c1-17(2)12-10-14(17)13(15(11-12)18-23(3,19)20)7-9-22-16-6-4-5-8-21-16/h12-16,18H,4-11H2,1-3H3. The van der Waals surface area contributed by atoms with Gasteiger partial charge in [0.25, 0.3) is 0 Å². The molecule has 4 aliphatic rings. The van der Waals surface area contributed by atoms with Crippen LogP contribution in [0.5, 0.6) is 0 Å². The van der Waals surface area contributed by atoms with Gasteiger partial charge in [-0.25, -0.2) is 13.1 Å². The Labute approximate surface area is 140 Å². The van der Waals surface area contributed by atoms with Gasteiger partial charge < -0.3 is 9.47 Å². The molecule has 0 spiro atoms. The van der Waals surface area contributed by atoms with Gasteiger partial charge in [0, 0.05) is 12.6 Å². The van der Waals surface area contributed by atoms with Gasteiger partial charge in [-0.15, -0.1) is 0 Å². The Bertz CT molecular complexity index is 513. The fourth-order valence-electron chi connectivity index (χ4n) is 4.94. The molecule has 0 aromatic carbocycles. The Balaban J connectivity index is 1.58. The maximum atomic E-state index is 11.7. The molecule has 0 radical (unpaired) electrons. The Hall–Kier alpha value is -0.170. The molecule has 3 aliphatic carbocycles. The topological polar surface area (TPSA) is 64.6 Å². The highest BCUT2D eigenvalue weighted by atomic mass is 32.2. The summed E-state index contributed by atoms with van der Waals surface area (Å²) in [5.74, 6) is 1.61. The molecule has 0 aromatic heterocycles. The molecular weight excluding hydrogens is 314 g/mol. The molecule has 5 unspecified atom stereocenters. The summed E-state index contributed by atoms with van der Waals surface area (Å²) in [6.07, 6.45) is 7.59. The van der Waals surface area contributed by atoms with Gasteiger partial charge in [-0.05, 0) is 61.7 Å². The average Bonchev–Trinajstić information content (AvgIpc) is 2.47. The lowest BCUT2D eigenvalue weighted by molar-refractivity contribution is -0.173. The second-order valence-corrected chi connectivity index (χ2v) is 9.99. The quantitative estimate of drug-likeness (QED) is 0.803. The Morgan fingerprint density at radius 2 is 2.04 bits per heavy atom. The molecule has 4 fully saturated rings. The summed E-state index contributed by atoms with van der Waals surface area (Å²) in [5.41, 5.74) is 0.335. The molecule has 5 atom stereocenters. The molecule has 23 heavy (non-hydrogen) atoms. The second kappa shape index (κ2) is 6.62. The highest BCUT2D eigenvalue weighted by Gasteiger charge is 2.57. The number of ether oxygens (including phenoxy) is 2. The summed E-state index contributed by atoms with van der Waals surface area (Å²) < 4.78 is 37.8. The van der Waals surface area contributed by atoms with E-state index in [-0.39, 0.29) is 12.3 Å². The Kier molecular flexibility index (Phi) is 5.08. The predicted octanol–water partition coefficient (Wildman–Crippen LogP) is 2.52. The van der Waals surface area contributed by atoms with Crippen LogP contribution in [0.4, 0.5) is 0 Å². The van der Waals surface area contributed by atoms with E-state index in [2.05, 4.69) is 18.6 Å². The smallest absolute Gasteiger partial charge is 0.208 e. The number of hydrogen-bond acceptors (Lipinski definition) is 4. The first kappa shape index (κ1) is 17.6. The third kappa shape index (κ3) is 3.91. The van der Waals surface area contributed by atoms with Crippen molar-refractivity contribution < 1.29 is 17.9 Å². The van der Waals surface area contributed by atoms with Crippen LogP contribution in [0, 0.1) is 23.2 Å². The molecule has 0 aromatic rings. The first-order valence-electron chi connectivity index (χ1n) is 8.98. The van der Waals surface area contributed by atoms with E-state index in [1.165, 1.54) is 19.1 Å². The Morgan fingerprint density at radius 1 is 1.26 bits per heavy atom. The van der Waals surface area contributed by atoms with Crippen molar-refractivity contribution in [1.29, 1.82) is 0 Å². The van der Waals surface area contributed by atoms with Gasteiger partial charge >= 0.3 is 0 Å². The van der Waals surface area contributed by atoms with Crippen molar-refractivity contribution in [1.82, 2.24) is 4.72 Å². The molecule has 1 saturated heterocycles. The SMILES string of the molecule is CC1(C)C2CC(NS(C)(=O)=O)C(CCOC3CCCCO3)C1C2. The molecule has 0 amide bonds. The van der Waals surface area contributed by atoms with Gasteiger partial charge in [0.15, 0.2) is 6.29 Å². The van der Waals surface area contributed by atoms with Crippen LogP contribution >= 0.6 is 0 Å². The maximum absolute atomic E-state index is 11.7. The van der Waals surface area contributed by atoms with Crippen molar-refractivity contribution in [2.75, 3.05) is 19.5 Å². The molecule has 1 aliphatic heterocycles. The number of sulfonamides is 1. The van der Waals surface area contributed by atoms with Crippen LogP contribution in [0.1, 0.15) is 52.4 Å². The maximum Gasteiger partial charge on any atom is 0.208 e. The zero-order valence-corrected chi connectivity index (χ0v) is 15.4. The predicted molar refractivity (Wildman–Crippen MR) is 89.4 cm³/mol. The largest absolute Gasteiger partial charge is 0.353 e. The Morgan fingerprint density at radius 3 is 2.65 bits per heavy atom.